The van der Waals surface area contributed by atoms with Crippen LogP contribution in [-0.2, 0) is 0 Å². The summed E-state index contributed by atoms with van der Waals surface area (Å²) in [5, 5.41) is 3.48. The van der Waals surface area contributed by atoms with Gasteiger partial charge < -0.3 is 5.32 Å². The van der Waals surface area contributed by atoms with Crippen LogP contribution in [0, 0.1) is 0 Å². The van der Waals surface area contributed by atoms with Crippen molar-refractivity contribution in [2.24, 2.45) is 0 Å². The highest BCUT2D eigenvalue weighted by Crippen LogP contribution is 2.28. The third kappa shape index (κ3) is 3.45. The van der Waals surface area contributed by atoms with Crippen LogP contribution in [-0.4, -0.2) is 6.54 Å². The third-order valence-electron chi connectivity index (χ3n) is 1.98. The summed E-state index contributed by atoms with van der Waals surface area (Å²) in [7, 11) is 0. The molecule has 0 saturated carbocycles. The topological polar surface area (TPSA) is 12.0 Å². The van der Waals surface area contributed by atoms with Gasteiger partial charge >= 0.3 is 0 Å². The lowest BCUT2D eigenvalue weighted by Gasteiger charge is -2.14. The number of hydrogen-bond donors (Lipinski definition) is 1. The molecule has 1 N–H and O–H groups in total. The lowest BCUT2D eigenvalue weighted by molar-refractivity contribution is 0.544. The van der Waals surface area contributed by atoms with E-state index < -0.39 is 0 Å². The molecule has 1 heterocycles. The average Bonchev–Trinajstić information content (AvgIpc) is 2.59. The Morgan fingerprint density at radius 1 is 1.64 bits per heavy atom. The van der Waals surface area contributed by atoms with Gasteiger partial charge in [-0.1, -0.05) is 24.6 Å². The zero-order chi connectivity index (χ0) is 10.4. The van der Waals surface area contributed by atoms with Crippen molar-refractivity contribution >= 4 is 22.9 Å². The maximum atomic E-state index is 5.90. The Labute approximate surface area is 94.8 Å². The first-order valence-corrected chi connectivity index (χ1v) is 6.07. The second-order valence-electron chi connectivity index (χ2n) is 3.17. The van der Waals surface area contributed by atoms with Crippen LogP contribution >= 0.6 is 22.9 Å². The van der Waals surface area contributed by atoms with E-state index in [9.17, 15) is 0 Å². The van der Waals surface area contributed by atoms with Crippen LogP contribution in [0.15, 0.2) is 24.8 Å². The minimum atomic E-state index is 0.380. The summed E-state index contributed by atoms with van der Waals surface area (Å²) in [5.74, 6) is 0. The van der Waals surface area contributed by atoms with Gasteiger partial charge in [0.05, 0.1) is 4.34 Å². The fraction of sp³-hybridized carbons (Fsp3) is 0.455. The van der Waals surface area contributed by atoms with E-state index in [2.05, 4.69) is 24.9 Å². The molecule has 1 atom stereocenters. The van der Waals surface area contributed by atoms with Gasteiger partial charge in [0.2, 0.25) is 0 Å². The molecule has 1 nitrogen and oxygen atoms in total. The fourth-order valence-electron chi connectivity index (χ4n) is 1.30. The SMILES string of the molecule is C=CCC(NCCC)c1ccc(Cl)s1. The Morgan fingerprint density at radius 3 is 2.93 bits per heavy atom. The van der Waals surface area contributed by atoms with Gasteiger partial charge in [-0.2, -0.15) is 0 Å². The summed E-state index contributed by atoms with van der Waals surface area (Å²) in [5.41, 5.74) is 0. The van der Waals surface area contributed by atoms with Gasteiger partial charge in [-0.05, 0) is 31.5 Å². The molecule has 3 heteroatoms. The van der Waals surface area contributed by atoms with Crippen molar-refractivity contribution in [1.29, 1.82) is 0 Å². The first-order chi connectivity index (χ1) is 6.77. The number of hydrogen-bond acceptors (Lipinski definition) is 2. The van der Waals surface area contributed by atoms with Gasteiger partial charge in [0.1, 0.15) is 0 Å². The number of rotatable bonds is 6. The Morgan fingerprint density at radius 2 is 2.43 bits per heavy atom. The normalized spacial score (nSPS) is 12.7. The fourth-order valence-corrected chi connectivity index (χ4v) is 2.45. The molecule has 0 amide bonds. The quantitative estimate of drug-likeness (QED) is 0.727. The molecule has 1 aromatic rings. The minimum absolute atomic E-state index is 0.380. The zero-order valence-corrected chi connectivity index (χ0v) is 10.00. The van der Waals surface area contributed by atoms with Gasteiger partial charge in [-0.15, -0.1) is 17.9 Å². The maximum Gasteiger partial charge on any atom is 0.0931 e. The van der Waals surface area contributed by atoms with Gasteiger partial charge in [0.25, 0.3) is 0 Å². The van der Waals surface area contributed by atoms with Crippen molar-refractivity contribution in [1.82, 2.24) is 5.32 Å². The van der Waals surface area contributed by atoms with Gasteiger partial charge in [0.15, 0.2) is 0 Å². The summed E-state index contributed by atoms with van der Waals surface area (Å²) in [4.78, 5) is 1.29. The molecule has 0 aliphatic carbocycles. The first-order valence-electron chi connectivity index (χ1n) is 4.87. The standard InChI is InChI=1S/C11H16ClNS/c1-3-5-9(13-8-4-2)10-6-7-11(12)14-10/h3,6-7,9,13H,1,4-5,8H2,2H3. The number of halogens is 1. The Kier molecular flexibility index (Phi) is 5.23. The van der Waals surface area contributed by atoms with Crippen molar-refractivity contribution in [2.75, 3.05) is 6.54 Å². The van der Waals surface area contributed by atoms with E-state index in [0.29, 0.717) is 6.04 Å². The van der Waals surface area contributed by atoms with Gasteiger partial charge in [-0.25, -0.2) is 0 Å². The molecule has 1 aromatic heterocycles. The second kappa shape index (κ2) is 6.23. The van der Waals surface area contributed by atoms with Crippen molar-refractivity contribution in [3.8, 4) is 0 Å². The van der Waals surface area contributed by atoms with Crippen LogP contribution in [0.25, 0.3) is 0 Å². The Balaban J connectivity index is 2.61. The molecule has 0 bridgehead atoms. The zero-order valence-electron chi connectivity index (χ0n) is 8.42. The summed E-state index contributed by atoms with van der Waals surface area (Å²) >= 11 is 7.54. The molecule has 1 rings (SSSR count). The molecular weight excluding hydrogens is 214 g/mol. The van der Waals surface area contributed by atoms with Crippen molar-refractivity contribution in [3.05, 3.63) is 34.0 Å². The van der Waals surface area contributed by atoms with E-state index in [1.54, 1.807) is 11.3 Å². The lowest BCUT2D eigenvalue weighted by atomic mass is 10.1. The molecule has 0 fully saturated rings. The van der Waals surface area contributed by atoms with E-state index in [-0.39, 0.29) is 0 Å². The van der Waals surface area contributed by atoms with Crippen LogP contribution in [0.4, 0.5) is 0 Å². The van der Waals surface area contributed by atoms with E-state index in [4.69, 9.17) is 11.6 Å². The molecule has 0 radical (unpaired) electrons. The molecule has 0 aliphatic heterocycles. The summed E-state index contributed by atoms with van der Waals surface area (Å²) < 4.78 is 0.854. The van der Waals surface area contributed by atoms with Crippen LogP contribution in [0.2, 0.25) is 4.34 Å². The van der Waals surface area contributed by atoms with E-state index in [0.717, 1.165) is 23.7 Å². The molecule has 1 unspecified atom stereocenters. The maximum absolute atomic E-state index is 5.90. The van der Waals surface area contributed by atoms with E-state index in [1.165, 1.54) is 4.88 Å². The molecule has 0 aliphatic rings. The smallest absolute Gasteiger partial charge is 0.0931 e. The summed E-state index contributed by atoms with van der Waals surface area (Å²) in [6, 6.07) is 4.42. The number of thiophene rings is 1. The summed E-state index contributed by atoms with van der Waals surface area (Å²) in [6.07, 6.45) is 4.05. The molecule has 78 valence electrons. The Hall–Kier alpha value is -0.310. The average molecular weight is 230 g/mol. The third-order valence-corrected chi connectivity index (χ3v) is 3.33. The van der Waals surface area contributed by atoms with Crippen LogP contribution in [0.3, 0.4) is 0 Å². The highest BCUT2D eigenvalue weighted by Gasteiger charge is 2.10. The molecule has 14 heavy (non-hydrogen) atoms. The van der Waals surface area contributed by atoms with Crippen LogP contribution in [0.1, 0.15) is 30.7 Å². The molecule has 0 saturated heterocycles. The van der Waals surface area contributed by atoms with Gasteiger partial charge in [-0.3, -0.25) is 0 Å². The molecular formula is C11H16ClNS. The second-order valence-corrected chi connectivity index (χ2v) is 4.92. The molecule has 0 aromatic carbocycles. The monoisotopic (exact) mass is 229 g/mol. The highest BCUT2D eigenvalue weighted by molar-refractivity contribution is 7.16. The largest absolute Gasteiger partial charge is 0.309 e. The predicted molar refractivity (Wildman–Crippen MR) is 65.2 cm³/mol. The van der Waals surface area contributed by atoms with Gasteiger partial charge in [0, 0.05) is 10.9 Å². The van der Waals surface area contributed by atoms with Crippen LogP contribution in [0.5, 0.6) is 0 Å². The van der Waals surface area contributed by atoms with E-state index >= 15 is 0 Å². The van der Waals surface area contributed by atoms with Crippen molar-refractivity contribution < 1.29 is 0 Å². The first kappa shape index (κ1) is 11.8. The van der Waals surface area contributed by atoms with Crippen LogP contribution < -0.4 is 5.32 Å². The molecule has 0 spiro atoms. The number of nitrogens with one attached hydrogen (secondary N) is 1. The minimum Gasteiger partial charge on any atom is -0.309 e. The lowest BCUT2D eigenvalue weighted by Crippen LogP contribution is -2.20. The van der Waals surface area contributed by atoms with E-state index in [1.807, 2.05) is 12.1 Å². The Bertz CT molecular complexity index is 283. The predicted octanol–water partition coefficient (Wildman–Crippen LogP) is 4.02. The summed E-state index contributed by atoms with van der Waals surface area (Å²) in [6.45, 7) is 6.97. The van der Waals surface area contributed by atoms with Crippen molar-refractivity contribution in [2.45, 2.75) is 25.8 Å². The highest BCUT2D eigenvalue weighted by atomic mass is 35.5. The van der Waals surface area contributed by atoms with Crippen molar-refractivity contribution in [3.63, 3.8) is 0 Å².